The molecule has 0 aliphatic rings. The highest BCUT2D eigenvalue weighted by atomic mass is 35.5. The van der Waals surface area contributed by atoms with Gasteiger partial charge in [0.2, 0.25) is 0 Å². The second-order valence-electron chi connectivity index (χ2n) is 2.60. The van der Waals surface area contributed by atoms with E-state index in [4.69, 9.17) is 22.6 Å². The first-order chi connectivity index (χ1) is 6.47. The van der Waals surface area contributed by atoms with Crippen molar-refractivity contribution in [3.63, 3.8) is 0 Å². The van der Waals surface area contributed by atoms with Gasteiger partial charge in [0.15, 0.2) is 9.84 Å². The molecular formula is C8H7ClN2O2S. The van der Waals surface area contributed by atoms with Crippen LogP contribution < -0.4 is 5.73 Å². The number of halogens is 1. The third-order valence-electron chi connectivity index (χ3n) is 1.59. The fourth-order valence-electron chi connectivity index (χ4n) is 0.870. The van der Waals surface area contributed by atoms with Gasteiger partial charge in [-0.1, -0.05) is 11.6 Å². The minimum Gasteiger partial charge on any atom is -0.398 e. The summed E-state index contributed by atoms with van der Waals surface area (Å²) in [7, 11) is -3.55. The molecule has 0 bridgehead atoms. The van der Waals surface area contributed by atoms with Crippen LogP contribution in [0.2, 0.25) is 5.02 Å². The van der Waals surface area contributed by atoms with E-state index >= 15 is 0 Å². The molecule has 0 amide bonds. The Morgan fingerprint density at radius 3 is 2.64 bits per heavy atom. The van der Waals surface area contributed by atoms with Crippen molar-refractivity contribution in [2.24, 2.45) is 0 Å². The third-order valence-corrected chi connectivity index (χ3v) is 3.39. The first-order valence-electron chi connectivity index (χ1n) is 3.62. The van der Waals surface area contributed by atoms with E-state index in [9.17, 15) is 8.42 Å². The number of nitrogens with two attached hydrogens (primary N) is 1. The molecule has 0 unspecified atom stereocenters. The number of rotatable bonds is 2. The van der Waals surface area contributed by atoms with Crippen LogP contribution in [0, 0.1) is 11.3 Å². The van der Waals surface area contributed by atoms with Gasteiger partial charge < -0.3 is 5.73 Å². The minimum absolute atomic E-state index is 0.0123. The topological polar surface area (TPSA) is 84.0 Å². The van der Waals surface area contributed by atoms with Gasteiger partial charge in [-0.2, -0.15) is 5.26 Å². The second kappa shape index (κ2) is 3.86. The maximum atomic E-state index is 11.4. The molecule has 14 heavy (non-hydrogen) atoms. The predicted octanol–water partition coefficient (Wildman–Crippen LogP) is 1.22. The van der Waals surface area contributed by atoms with Gasteiger partial charge in [-0.15, -0.1) is 0 Å². The van der Waals surface area contributed by atoms with E-state index in [0.29, 0.717) is 5.69 Å². The average molecular weight is 231 g/mol. The molecule has 0 aliphatic heterocycles. The van der Waals surface area contributed by atoms with Crippen molar-refractivity contribution < 1.29 is 8.42 Å². The van der Waals surface area contributed by atoms with Gasteiger partial charge in [-0.3, -0.25) is 0 Å². The summed E-state index contributed by atoms with van der Waals surface area (Å²) in [6, 6.07) is 5.54. The Kier molecular flexibility index (Phi) is 2.99. The molecule has 0 atom stereocenters. The summed E-state index contributed by atoms with van der Waals surface area (Å²) in [5.74, 6) is -0.562. The molecule has 0 saturated carbocycles. The Bertz CT molecular complexity index is 491. The van der Waals surface area contributed by atoms with E-state index in [-0.39, 0.29) is 9.92 Å². The van der Waals surface area contributed by atoms with E-state index in [2.05, 4.69) is 0 Å². The van der Waals surface area contributed by atoms with Gasteiger partial charge >= 0.3 is 0 Å². The van der Waals surface area contributed by atoms with E-state index in [0.717, 1.165) is 0 Å². The largest absolute Gasteiger partial charge is 0.398 e. The fourth-order valence-corrected chi connectivity index (χ4v) is 2.02. The van der Waals surface area contributed by atoms with Crippen molar-refractivity contribution in [2.45, 2.75) is 4.90 Å². The molecule has 0 fully saturated rings. The Balaban J connectivity index is 3.23. The quantitative estimate of drug-likeness (QED) is 0.775. The average Bonchev–Trinajstić information content (AvgIpc) is 2.09. The molecule has 0 spiro atoms. The zero-order chi connectivity index (χ0) is 10.8. The van der Waals surface area contributed by atoms with Crippen molar-refractivity contribution in [1.82, 2.24) is 0 Å². The maximum Gasteiger partial charge on any atom is 0.191 e. The Morgan fingerprint density at radius 1 is 1.50 bits per heavy atom. The standard InChI is InChI=1S/C8H7ClN2O2S/c9-7-5-6(1-2-8(7)11)14(12,13)4-3-10/h1-2,5H,4,11H2. The highest BCUT2D eigenvalue weighted by Gasteiger charge is 2.14. The molecule has 0 saturated heterocycles. The van der Waals surface area contributed by atoms with Crippen molar-refractivity contribution >= 4 is 27.1 Å². The molecule has 0 aliphatic carbocycles. The molecular weight excluding hydrogens is 224 g/mol. The van der Waals surface area contributed by atoms with Crippen molar-refractivity contribution in [3.8, 4) is 6.07 Å². The highest BCUT2D eigenvalue weighted by Crippen LogP contribution is 2.22. The molecule has 1 aromatic rings. The number of benzene rings is 1. The molecule has 1 rings (SSSR count). The van der Waals surface area contributed by atoms with Crippen LogP contribution in [-0.4, -0.2) is 14.2 Å². The summed E-state index contributed by atoms with van der Waals surface area (Å²) in [5, 5.41) is 8.47. The monoisotopic (exact) mass is 230 g/mol. The van der Waals surface area contributed by atoms with Crippen molar-refractivity contribution in [3.05, 3.63) is 23.2 Å². The minimum atomic E-state index is -3.55. The second-order valence-corrected chi connectivity index (χ2v) is 5.00. The fraction of sp³-hybridized carbons (Fsp3) is 0.125. The summed E-state index contributed by atoms with van der Waals surface area (Å²) in [5.41, 5.74) is 5.72. The van der Waals surface area contributed by atoms with Crippen LogP contribution in [0.15, 0.2) is 23.1 Å². The molecule has 0 radical (unpaired) electrons. The smallest absolute Gasteiger partial charge is 0.191 e. The number of hydrogen-bond acceptors (Lipinski definition) is 4. The number of hydrogen-bond donors (Lipinski definition) is 1. The number of anilines is 1. The molecule has 2 N–H and O–H groups in total. The van der Waals surface area contributed by atoms with Crippen LogP contribution in [-0.2, 0) is 9.84 Å². The Labute approximate surface area is 86.8 Å². The van der Waals surface area contributed by atoms with Crippen LogP contribution in [0.3, 0.4) is 0 Å². The highest BCUT2D eigenvalue weighted by molar-refractivity contribution is 7.91. The first kappa shape index (κ1) is 10.8. The molecule has 1 aromatic carbocycles. The predicted molar refractivity (Wildman–Crippen MR) is 53.5 cm³/mol. The van der Waals surface area contributed by atoms with E-state index in [1.54, 1.807) is 6.07 Å². The number of nitriles is 1. The molecule has 74 valence electrons. The Morgan fingerprint density at radius 2 is 2.14 bits per heavy atom. The summed E-state index contributed by atoms with van der Waals surface area (Å²) in [6.07, 6.45) is 0. The van der Waals surface area contributed by atoms with Gasteiger partial charge in [0.1, 0.15) is 5.75 Å². The zero-order valence-corrected chi connectivity index (χ0v) is 8.64. The number of sulfone groups is 1. The lowest BCUT2D eigenvalue weighted by Crippen LogP contribution is -2.05. The number of nitrogens with zero attached hydrogens (tertiary/aromatic N) is 1. The molecule has 0 heterocycles. The Hall–Kier alpha value is -1.25. The van der Waals surface area contributed by atoms with E-state index in [1.165, 1.54) is 18.2 Å². The summed E-state index contributed by atoms with van der Waals surface area (Å²) in [4.78, 5) is 0.0123. The zero-order valence-electron chi connectivity index (χ0n) is 7.07. The molecule has 4 nitrogen and oxygen atoms in total. The van der Waals surface area contributed by atoms with Crippen molar-refractivity contribution in [2.75, 3.05) is 11.5 Å². The van der Waals surface area contributed by atoms with Crippen LogP contribution >= 0.6 is 11.6 Å². The summed E-state index contributed by atoms with van der Waals surface area (Å²) >= 11 is 5.65. The van der Waals surface area contributed by atoms with Crippen LogP contribution in [0.4, 0.5) is 5.69 Å². The van der Waals surface area contributed by atoms with Gasteiger partial charge in [0.25, 0.3) is 0 Å². The van der Waals surface area contributed by atoms with Crippen LogP contribution in [0.25, 0.3) is 0 Å². The number of nitrogen functional groups attached to an aromatic ring is 1. The van der Waals surface area contributed by atoms with Crippen molar-refractivity contribution in [1.29, 1.82) is 5.26 Å². The summed E-state index contributed by atoms with van der Waals surface area (Å²) < 4.78 is 22.7. The lowest BCUT2D eigenvalue weighted by molar-refractivity contribution is 0.599. The van der Waals surface area contributed by atoms with E-state index in [1.807, 2.05) is 0 Å². The summed E-state index contributed by atoms with van der Waals surface area (Å²) in [6.45, 7) is 0. The maximum absolute atomic E-state index is 11.4. The normalized spacial score (nSPS) is 10.9. The third kappa shape index (κ3) is 2.16. The molecule has 6 heteroatoms. The van der Waals surface area contributed by atoms with Crippen LogP contribution in [0.1, 0.15) is 0 Å². The van der Waals surface area contributed by atoms with E-state index < -0.39 is 15.6 Å². The van der Waals surface area contributed by atoms with Gasteiger partial charge in [-0.05, 0) is 18.2 Å². The first-order valence-corrected chi connectivity index (χ1v) is 5.65. The lowest BCUT2D eigenvalue weighted by atomic mass is 10.3. The van der Waals surface area contributed by atoms with Gasteiger partial charge in [-0.25, -0.2) is 8.42 Å². The lowest BCUT2D eigenvalue weighted by Gasteiger charge is -2.02. The van der Waals surface area contributed by atoms with Gasteiger partial charge in [0, 0.05) is 0 Å². The van der Waals surface area contributed by atoms with Crippen LogP contribution in [0.5, 0.6) is 0 Å². The molecule has 0 aromatic heterocycles. The van der Waals surface area contributed by atoms with Gasteiger partial charge in [0.05, 0.1) is 21.7 Å². The SMILES string of the molecule is N#CCS(=O)(=O)c1ccc(N)c(Cl)c1.